The summed E-state index contributed by atoms with van der Waals surface area (Å²) in [7, 11) is 0. The lowest BCUT2D eigenvalue weighted by atomic mass is 9.77. The highest BCUT2D eigenvalue weighted by atomic mass is 16.6. The van der Waals surface area contributed by atoms with Crippen molar-refractivity contribution >= 4 is 5.97 Å². The average molecular weight is 430 g/mol. The van der Waals surface area contributed by atoms with Gasteiger partial charge in [-0.05, 0) is 29.8 Å². The summed E-state index contributed by atoms with van der Waals surface area (Å²) in [5, 5.41) is 23.4. The minimum atomic E-state index is -1.21. The topological polar surface area (TPSA) is 91.3 Å². The Kier molecular flexibility index (Phi) is 4.18. The predicted molar refractivity (Wildman–Crippen MR) is 116 cm³/mol. The van der Waals surface area contributed by atoms with Gasteiger partial charge in [0, 0.05) is 61.5 Å². The number of benzene rings is 3. The van der Waals surface area contributed by atoms with Crippen LogP contribution >= 0.6 is 0 Å². The zero-order valence-electron chi connectivity index (χ0n) is 17.3. The Morgan fingerprint density at radius 2 is 1.56 bits per heavy atom. The van der Waals surface area contributed by atoms with Crippen molar-refractivity contribution in [1.29, 1.82) is 0 Å². The van der Waals surface area contributed by atoms with Crippen LogP contribution in [0.3, 0.4) is 0 Å². The van der Waals surface area contributed by atoms with Crippen LogP contribution in [-0.2, 0) is 16.9 Å². The van der Waals surface area contributed by atoms with Gasteiger partial charge >= 0.3 is 5.97 Å². The molecule has 3 aromatic rings. The number of phenolic OH excluding ortho intramolecular Hbond substituents is 2. The van der Waals surface area contributed by atoms with Gasteiger partial charge < -0.3 is 25.0 Å². The summed E-state index contributed by atoms with van der Waals surface area (Å²) in [6.07, 6.45) is 0. The van der Waals surface area contributed by atoms with Crippen molar-refractivity contribution in [1.82, 2.24) is 10.2 Å². The second kappa shape index (κ2) is 6.98. The largest absolute Gasteiger partial charge is 0.508 e. The molecule has 0 aromatic heterocycles. The summed E-state index contributed by atoms with van der Waals surface area (Å²) in [5.41, 5.74) is 2.32. The highest BCUT2D eigenvalue weighted by molar-refractivity contribution is 5.98. The van der Waals surface area contributed by atoms with E-state index < -0.39 is 5.60 Å². The van der Waals surface area contributed by atoms with Crippen LogP contribution in [-0.4, -0.2) is 47.3 Å². The van der Waals surface area contributed by atoms with Crippen molar-refractivity contribution in [3.05, 3.63) is 82.4 Å². The first kappa shape index (κ1) is 19.2. The van der Waals surface area contributed by atoms with Crippen LogP contribution in [0.1, 0.15) is 32.6 Å². The van der Waals surface area contributed by atoms with Crippen LogP contribution in [0.4, 0.5) is 0 Å². The molecule has 1 fully saturated rings. The van der Waals surface area contributed by atoms with Crippen LogP contribution < -0.4 is 10.1 Å². The monoisotopic (exact) mass is 430 g/mol. The highest BCUT2D eigenvalue weighted by Gasteiger charge is 2.54. The van der Waals surface area contributed by atoms with E-state index in [1.807, 2.05) is 18.2 Å². The maximum Gasteiger partial charge on any atom is 0.340 e. The van der Waals surface area contributed by atoms with Gasteiger partial charge in [-0.3, -0.25) is 4.90 Å². The molecule has 3 aliphatic heterocycles. The number of rotatable bonds is 2. The van der Waals surface area contributed by atoms with E-state index in [1.165, 1.54) is 12.1 Å². The Hall–Kier alpha value is -3.55. The van der Waals surface area contributed by atoms with Crippen LogP contribution in [0.15, 0.2) is 54.6 Å². The van der Waals surface area contributed by atoms with Gasteiger partial charge in [0.15, 0.2) is 5.60 Å². The summed E-state index contributed by atoms with van der Waals surface area (Å²) in [6, 6.07) is 15.4. The van der Waals surface area contributed by atoms with Crippen molar-refractivity contribution in [2.45, 2.75) is 12.1 Å². The first-order chi connectivity index (χ1) is 15.6. The normalized spacial score (nSPS) is 18.4. The van der Waals surface area contributed by atoms with Crippen LogP contribution in [0.25, 0.3) is 0 Å². The Bertz CT molecular complexity index is 1200. The van der Waals surface area contributed by atoms with E-state index in [4.69, 9.17) is 9.47 Å². The average Bonchev–Trinajstić information content (AvgIpc) is 3.08. The zero-order chi connectivity index (χ0) is 21.9. The SMILES string of the molecule is O=C1OC2(c3ccc(O)cc3Oc3cc(O)ccc32)c2cccc(CN3CCNCC3)c21. The number of carbonyl (C=O) groups is 1. The van der Waals surface area contributed by atoms with Gasteiger partial charge in [0.25, 0.3) is 0 Å². The van der Waals surface area contributed by atoms with E-state index >= 15 is 0 Å². The van der Waals surface area contributed by atoms with Gasteiger partial charge in [-0.25, -0.2) is 4.79 Å². The third-order valence-electron chi connectivity index (χ3n) is 6.49. The smallest absolute Gasteiger partial charge is 0.340 e. The van der Waals surface area contributed by atoms with E-state index in [9.17, 15) is 15.0 Å². The molecule has 0 atom stereocenters. The molecule has 3 heterocycles. The highest BCUT2D eigenvalue weighted by Crippen LogP contribution is 2.57. The van der Waals surface area contributed by atoms with Crippen molar-refractivity contribution in [2.24, 2.45) is 0 Å². The molecule has 0 bridgehead atoms. The molecule has 7 nitrogen and oxygen atoms in total. The third-order valence-corrected chi connectivity index (χ3v) is 6.49. The van der Waals surface area contributed by atoms with Crippen LogP contribution in [0.5, 0.6) is 23.0 Å². The molecule has 0 saturated carbocycles. The number of phenols is 2. The number of nitrogens with one attached hydrogen (secondary N) is 1. The van der Waals surface area contributed by atoms with Crippen molar-refractivity contribution < 1.29 is 24.5 Å². The molecular formula is C25H22N2O5. The second-order valence-electron chi connectivity index (χ2n) is 8.40. The fourth-order valence-corrected chi connectivity index (χ4v) is 5.06. The number of nitrogens with zero attached hydrogens (tertiary/aromatic N) is 1. The van der Waals surface area contributed by atoms with E-state index in [2.05, 4.69) is 10.2 Å². The van der Waals surface area contributed by atoms with Gasteiger partial charge in [-0.15, -0.1) is 0 Å². The lowest BCUT2D eigenvalue weighted by Crippen LogP contribution is -2.43. The van der Waals surface area contributed by atoms with E-state index in [1.54, 1.807) is 24.3 Å². The van der Waals surface area contributed by atoms with Gasteiger partial charge in [-0.2, -0.15) is 0 Å². The number of hydrogen-bond donors (Lipinski definition) is 3. The minimum Gasteiger partial charge on any atom is -0.508 e. The fraction of sp³-hybridized carbons (Fsp3) is 0.240. The molecular weight excluding hydrogens is 408 g/mol. The maximum atomic E-state index is 13.4. The maximum absolute atomic E-state index is 13.4. The Labute approximate surface area is 184 Å². The number of hydrogen-bond acceptors (Lipinski definition) is 7. The fourth-order valence-electron chi connectivity index (χ4n) is 5.06. The molecule has 0 aliphatic carbocycles. The molecule has 0 amide bonds. The summed E-state index contributed by atoms with van der Waals surface area (Å²) in [4.78, 5) is 15.7. The van der Waals surface area contributed by atoms with Gasteiger partial charge in [0.1, 0.15) is 23.0 Å². The molecule has 7 heteroatoms. The first-order valence-corrected chi connectivity index (χ1v) is 10.7. The van der Waals surface area contributed by atoms with E-state index in [-0.39, 0.29) is 17.5 Å². The number of fused-ring (bicyclic) bond motifs is 6. The van der Waals surface area contributed by atoms with Crippen molar-refractivity contribution in [3.63, 3.8) is 0 Å². The number of piperazine rings is 1. The first-order valence-electron chi connectivity index (χ1n) is 10.7. The Balaban J connectivity index is 1.57. The summed E-state index contributed by atoms with van der Waals surface area (Å²) in [6.45, 7) is 4.35. The second-order valence-corrected chi connectivity index (χ2v) is 8.40. The minimum absolute atomic E-state index is 0.0412. The van der Waals surface area contributed by atoms with E-state index in [0.717, 1.165) is 37.3 Å². The Morgan fingerprint density at radius 3 is 2.22 bits per heavy atom. The predicted octanol–water partition coefficient (Wildman–Crippen LogP) is 3.07. The molecule has 1 saturated heterocycles. The summed E-state index contributed by atoms with van der Waals surface area (Å²) >= 11 is 0. The Morgan fingerprint density at radius 1 is 0.906 bits per heavy atom. The molecule has 162 valence electrons. The molecule has 3 aromatic carbocycles. The van der Waals surface area contributed by atoms with Gasteiger partial charge in [0.05, 0.1) is 5.56 Å². The molecule has 32 heavy (non-hydrogen) atoms. The van der Waals surface area contributed by atoms with Gasteiger partial charge in [-0.1, -0.05) is 18.2 Å². The van der Waals surface area contributed by atoms with E-state index in [0.29, 0.717) is 34.7 Å². The van der Waals surface area contributed by atoms with Crippen LogP contribution in [0, 0.1) is 0 Å². The lowest BCUT2D eigenvalue weighted by Gasteiger charge is -2.36. The number of aromatic hydroxyl groups is 2. The van der Waals surface area contributed by atoms with Gasteiger partial charge in [0.2, 0.25) is 0 Å². The molecule has 6 rings (SSSR count). The molecule has 3 aliphatic rings. The summed E-state index contributed by atoms with van der Waals surface area (Å²) < 4.78 is 12.2. The van der Waals surface area contributed by atoms with Crippen molar-refractivity contribution in [3.8, 4) is 23.0 Å². The molecule has 1 spiro atoms. The standard InChI is InChI=1S/C25H22N2O5/c28-16-4-6-18-21(12-16)31-22-13-17(29)5-7-19(22)25(18)20-3-1-2-15(23(20)24(30)32-25)14-27-10-8-26-9-11-27/h1-7,12-13,26,28-29H,8-11,14H2. The molecule has 3 N–H and O–H groups in total. The lowest BCUT2D eigenvalue weighted by molar-refractivity contribution is 0.0223. The molecule has 0 unspecified atom stereocenters. The van der Waals surface area contributed by atoms with Crippen molar-refractivity contribution in [2.75, 3.05) is 26.2 Å². The third kappa shape index (κ3) is 2.71. The quantitative estimate of drug-likeness (QED) is 0.538. The van der Waals surface area contributed by atoms with Crippen LogP contribution in [0.2, 0.25) is 0 Å². The number of carbonyl (C=O) groups excluding carboxylic acids is 1. The number of ether oxygens (including phenoxy) is 2. The molecule has 0 radical (unpaired) electrons. The summed E-state index contributed by atoms with van der Waals surface area (Å²) in [5.74, 6) is 0.470. The number of esters is 1. The zero-order valence-corrected chi connectivity index (χ0v) is 17.3.